The average Bonchev–Trinajstić information content (AvgIpc) is 3.56. The SMILES string of the molecule is c1ccc(-c2cccc3c2[nH]c2ccccc23)c(-c2ccccc2-c2cccc3c2[nH]c2ccccc23)c1. The molecule has 0 aliphatic rings. The van der Waals surface area contributed by atoms with Crippen LogP contribution in [0.25, 0.3) is 77.0 Å². The van der Waals surface area contributed by atoms with Crippen molar-refractivity contribution in [3.05, 3.63) is 133 Å². The number of H-pyrrole nitrogens is 2. The van der Waals surface area contributed by atoms with E-state index in [4.69, 9.17) is 0 Å². The summed E-state index contributed by atoms with van der Waals surface area (Å²) in [5.74, 6) is 0. The Morgan fingerprint density at radius 2 is 0.579 bits per heavy atom. The molecule has 0 bridgehead atoms. The molecule has 0 saturated carbocycles. The third-order valence-corrected chi connectivity index (χ3v) is 7.81. The number of fused-ring (bicyclic) bond motifs is 6. The molecule has 0 aliphatic carbocycles. The van der Waals surface area contributed by atoms with Crippen molar-refractivity contribution in [1.29, 1.82) is 0 Å². The van der Waals surface area contributed by atoms with E-state index in [9.17, 15) is 0 Å². The molecule has 0 fully saturated rings. The van der Waals surface area contributed by atoms with Crippen LogP contribution in [0.2, 0.25) is 0 Å². The molecule has 0 spiro atoms. The highest BCUT2D eigenvalue weighted by Gasteiger charge is 2.17. The highest BCUT2D eigenvalue weighted by Crippen LogP contribution is 2.43. The Hall–Kier alpha value is -5.08. The number of benzene rings is 6. The van der Waals surface area contributed by atoms with Crippen LogP contribution in [0, 0.1) is 0 Å². The first-order valence-corrected chi connectivity index (χ1v) is 13.0. The van der Waals surface area contributed by atoms with Gasteiger partial charge in [-0.15, -0.1) is 0 Å². The molecule has 8 rings (SSSR count). The van der Waals surface area contributed by atoms with E-state index < -0.39 is 0 Å². The summed E-state index contributed by atoms with van der Waals surface area (Å²) in [6, 6.07) is 47.9. The number of hydrogen-bond donors (Lipinski definition) is 2. The molecule has 2 nitrogen and oxygen atoms in total. The summed E-state index contributed by atoms with van der Waals surface area (Å²) in [6.45, 7) is 0. The maximum atomic E-state index is 3.70. The van der Waals surface area contributed by atoms with E-state index in [1.165, 1.54) is 77.0 Å². The predicted molar refractivity (Wildman–Crippen MR) is 161 cm³/mol. The lowest BCUT2D eigenvalue weighted by Gasteiger charge is -2.16. The molecule has 2 aromatic heterocycles. The molecule has 0 amide bonds. The van der Waals surface area contributed by atoms with Crippen LogP contribution in [-0.4, -0.2) is 9.97 Å². The van der Waals surface area contributed by atoms with Crippen molar-refractivity contribution in [2.75, 3.05) is 0 Å². The maximum absolute atomic E-state index is 3.70. The largest absolute Gasteiger partial charge is 0.354 e. The van der Waals surface area contributed by atoms with Crippen LogP contribution in [0.5, 0.6) is 0 Å². The zero-order valence-corrected chi connectivity index (χ0v) is 20.7. The van der Waals surface area contributed by atoms with Gasteiger partial charge in [-0.1, -0.05) is 121 Å². The zero-order valence-electron chi connectivity index (χ0n) is 20.7. The van der Waals surface area contributed by atoms with Gasteiger partial charge in [0, 0.05) is 43.7 Å². The molecule has 0 unspecified atom stereocenters. The lowest BCUT2D eigenvalue weighted by Crippen LogP contribution is -1.90. The number of aromatic nitrogens is 2. The summed E-state index contributed by atoms with van der Waals surface area (Å²) in [7, 11) is 0. The average molecular weight is 485 g/mol. The van der Waals surface area contributed by atoms with Gasteiger partial charge < -0.3 is 9.97 Å². The summed E-state index contributed by atoms with van der Waals surface area (Å²) >= 11 is 0. The van der Waals surface area contributed by atoms with Gasteiger partial charge >= 0.3 is 0 Å². The summed E-state index contributed by atoms with van der Waals surface area (Å²) in [4.78, 5) is 7.41. The quantitative estimate of drug-likeness (QED) is 0.250. The van der Waals surface area contributed by atoms with Crippen LogP contribution in [0.15, 0.2) is 133 Å². The van der Waals surface area contributed by atoms with E-state index in [1.807, 2.05) is 0 Å². The van der Waals surface area contributed by atoms with Crippen LogP contribution in [0.4, 0.5) is 0 Å². The summed E-state index contributed by atoms with van der Waals surface area (Å²) in [5, 5.41) is 5.02. The van der Waals surface area contributed by atoms with Crippen LogP contribution in [-0.2, 0) is 0 Å². The first kappa shape index (κ1) is 21.0. The van der Waals surface area contributed by atoms with Gasteiger partial charge in [-0.3, -0.25) is 0 Å². The third kappa shape index (κ3) is 3.07. The van der Waals surface area contributed by atoms with Crippen LogP contribution >= 0.6 is 0 Å². The van der Waals surface area contributed by atoms with E-state index in [2.05, 4.69) is 143 Å². The van der Waals surface area contributed by atoms with Gasteiger partial charge in [-0.25, -0.2) is 0 Å². The second kappa shape index (κ2) is 8.22. The van der Waals surface area contributed by atoms with Crippen molar-refractivity contribution in [2.24, 2.45) is 0 Å². The van der Waals surface area contributed by atoms with Crippen LogP contribution < -0.4 is 0 Å². The second-order valence-corrected chi connectivity index (χ2v) is 9.89. The molecule has 38 heavy (non-hydrogen) atoms. The Morgan fingerprint density at radius 1 is 0.263 bits per heavy atom. The van der Waals surface area contributed by atoms with Gasteiger partial charge in [0.05, 0.1) is 11.0 Å². The first-order chi connectivity index (χ1) is 18.9. The van der Waals surface area contributed by atoms with Gasteiger partial charge in [0.25, 0.3) is 0 Å². The van der Waals surface area contributed by atoms with Gasteiger partial charge in [0.2, 0.25) is 0 Å². The van der Waals surface area contributed by atoms with Gasteiger partial charge in [-0.2, -0.15) is 0 Å². The van der Waals surface area contributed by atoms with Crippen molar-refractivity contribution >= 4 is 43.6 Å². The Bertz CT molecular complexity index is 1990. The first-order valence-electron chi connectivity index (χ1n) is 13.0. The fourth-order valence-corrected chi connectivity index (χ4v) is 6.10. The molecule has 178 valence electrons. The van der Waals surface area contributed by atoms with Gasteiger partial charge in [0.15, 0.2) is 0 Å². The summed E-state index contributed by atoms with van der Waals surface area (Å²) in [6.07, 6.45) is 0. The highest BCUT2D eigenvalue weighted by atomic mass is 14.7. The number of aromatic amines is 2. The fraction of sp³-hybridized carbons (Fsp3) is 0. The third-order valence-electron chi connectivity index (χ3n) is 7.81. The van der Waals surface area contributed by atoms with Crippen molar-refractivity contribution < 1.29 is 0 Å². The molecule has 2 heteroatoms. The van der Waals surface area contributed by atoms with Crippen molar-refractivity contribution in [2.45, 2.75) is 0 Å². The molecule has 6 aromatic carbocycles. The Morgan fingerprint density at radius 3 is 1.03 bits per heavy atom. The topological polar surface area (TPSA) is 31.6 Å². The molecule has 8 aromatic rings. The molecular weight excluding hydrogens is 460 g/mol. The lowest BCUT2D eigenvalue weighted by atomic mass is 9.88. The zero-order chi connectivity index (χ0) is 25.1. The van der Waals surface area contributed by atoms with Crippen molar-refractivity contribution in [3.63, 3.8) is 0 Å². The smallest absolute Gasteiger partial charge is 0.0544 e. The van der Waals surface area contributed by atoms with Crippen LogP contribution in [0.1, 0.15) is 0 Å². The molecule has 0 aliphatic heterocycles. The van der Waals surface area contributed by atoms with Crippen molar-refractivity contribution in [1.82, 2.24) is 9.97 Å². The molecule has 2 heterocycles. The Labute approximate surface area is 220 Å². The Balaban J connectivity index is 1.39. The highest BCUT2D eigenvalue weighted by molar-refractivity contribution is 6.15. The monoisotopic (exact) mass is 484 g/mol. The lowest BCUT2D eigenvalue weighted by molar-refractivity contribution is 1.52. The van der Waals surface area contributed by atoms with Gasteiger partial charge in [-0.05, 0) is 34.4 Å². The minimum Gasteiger partial charge on any atom is -0.354 e. The Kier molecular flexibility index (Phi) is 4.55. The van der Waals surface area contributed by atoms with E-state index in [1.54, 1.807) is 0 Å². The number of nitrogens with one attached hydrogen (secondary N) is 2. The molecule has 2 N–H and O–H groups in total. The minimum atomic E-state index is 1.17. The van der Waals surface area contributed by atoms with E-state index in [0.29, 0.717) is 0 Å². The minimum absolute atomic E-state index is 1.17. The maximum Gasteiger partial charge on any atom is 0.0544 e. The number of rotatable bonds is 3. The van der Waals surface area contributed by atoms with Gasteiger partial charge in [0.1, 0.15) is 0 Å². The van der Waals surface area contributed by atoms with Crippen molar-refractivity contribution in [3.8, 4) is 33.4 Å². The number of para-hydroxylation sites is 4. The van der Waals surface area contributed by atoms with E-state index in [0.717, 1.165) is 0 Å². The molecule has 0 atom stereocenters. The number of hydrogen-bond acceptors (Lipinski definition) is 0. The molecule has 0 radical (unpaired) electrons. The predicted octanol–water partition coefficient (Wildman–Crippen LogP) is 9.96. The molecular formula is C36H24N2. The fourth-order valence-electron chi connectivity index (χ4n) is 6.10. The summed E-state index contributed by atoms with van der Waals surface area (Å²) < 4.78 is 0. The standard InChI is InChI=1S/C36H24N2/c1-3-13-25(29-17-9-19-31-27-15-5-7-21-33(27)37-35(29)31)23(11-1)24-12-2-4-14-26(24)30-18-10-20-32-28-16-6-8-22-34(28)38-36(30)32/h1-22,37-38H. The normalized spacial score (nSPS) is 11.7. The summed E-state index contributed by atoms with van der Waals surface area (Å²) in [5.41, 5.74) is 12.0. The van der Waals surface area contributed by atoms with E-state index in [-0.39, 0.29) is 0 Å². The van der Waals surface area contributed by atoms with E-state index >= 15 is 0 Å². The second-order valence-electron chi connectivity index (χ2n) is 9.89. The molecule has 0 saturated heterocycles. The van der Waals surface area contributed by atoms with Crippen LogP contribution in [0.3, 0.4) is 0 Å².